The van der Waals surface area contributed by atoms with Gasteiger partial charge in [-0.3, -0.25) is 0 Å². The molecule has 0 spiro atoms. The molecule has 1 aliphatic rings. The SMILES string of the molecule is CC(C)Oc1cc(OC2CC2)cc([N+](=O)[O-])n1. The van der Waals surface area contributed by atoms with Crippen molar-refractivity contribution in [3.05, 3.63) is 22.2 Å². The minimum Gasteiger partial charge on any atom is -0.490 e. The van der Waals surface area contributed by atoms with Crippen molar-refractivity contribution in [2.24, 2.45) is 0 Å². The van der Waals surface area contributed by atoms with Crippen LogP contribution < -0.4 is 9.47 Å². The third-order valence-corrected chi connectivity index (χ3v) is 2.13. The molecule has 92 valence electrons. The van der Waals surface area contributed by atoms with Gasteiger partial charge < -0.3 is 19.6 Å². The van der Waals surface area contributed by atoms with Gasteiger partial charge in [0.15, 0.2) is 0 Å². The van der Waals surface area contributed by atoms with Crippen LogP contribution in [0.3, 0.4) is 0 Å². The molecule has 1 aromatic rings. The van der Waals surface area contributed by atoms with Crippen molar-refractivity contribution < 1.29 is 14.4 Å². The maximum Gasteiger partial charge on any atom is 0.371 e. The van der Waals surface area contributed by atoms with Crippen molar-refractivity contribution in [1.29, 1.82) is 0 Å². The standard InChI is InChI=1S/C11H14N2O4/c1-7(2)16-11-6-9(17-8-3-4-8)5-10(12-11)13(14)15/h5-8H,3-4H2,1-2H3. The first-order valence-electron chi connectivity index (χ1n) is 5.54. The largest absolute Gasteiger partial charge is 0.490 e. The van der Waals surface area contributed by atoms with Crippen LogP contribution >= 0.6 is 0 Å². The lowest BCUT2D eigenvalue weighted by Crippen LogP contribution is -2.08. The molecular weight excluding hydrogens is 224 g/mol. The fourth-order valence-corrected chi connectivity index (χ4v) is 1.31. The lowest BCUT2D eigenvalue weighted by atomic mass is 10.4. The molecule has 0 unspecified atom stereocenters. The molecular formula is C11H14N2O4. The second kappa shape index (κ2) is 4.57. The molecule has 2 rings (SSSR count). The van der Waals surface area contributed by atoms with E-state index in [2.05, 4.69) is 4.98 Å². The van der Waals surface area contributed by atoms with E-state index in [0.717, 1.165) is 12.8 Å². The number of nitro groups is 1. The molecule has 6 heteroatoms. The van der Waals surface area contributed by atoms with Crippen LogP contribution in [0.1, 0.15) is 26.7 Å². The minimum atomic E-state index is -0.549. The number of aromatic nitrogens is 1. The van der Waals surface area contributed by atoms with Gasteiger partial charge >= 0.3 is 11.7 Å². The average molecular weight is 238 g/mol. The Kier molecular flexibility index (Phi) is 3.12. The molecule has 6 nitrogen and oxygen atoms in total. The van der Waals surface area contributed by atoms with Gasteiger partial charge in [-0.05, 0) is 31.6 Å². The number of hydrogen-bond donors (Lipinski definition) is 0. The van der Waals surface area contributed by atoms with E-state index in [9.17, 15) is 10.1 Å². The minimum absolute atomic E-state index is 0.0849. The van der Waals surface area contributed by atoms with Crippen LogP contribution in [-0.4, -0.2) is 22.1 Å². The molecule has 0 saturated heterocycles. The zero-order valence-electron chi connectivity index (χ0n) is 9.75. The molecule has 0 amide bonds. The number of rotatable bonds is 5. The summed E-state index contributed by atoms with van der Waals surface area (Å²) in [5.74, 6) is 0.425. The lowest BCUT2D eigenvalue weighted by molar-refractivity contribution is -0.389. The molecule has 1 saturated carbocycles. The monoisotopic (exact) mass is 238 g/mol. The molecule has 0 radical (unpaired) electrons. The summed E-state index contributed by atoms with van der Waals surface area (Å²) in [5.41, 5.74) is 0. The first-order chi connectivity index (χ1) is 8.04. The van der Waals surface area contributed by atoms with Gasteiger partial charge in [-0.15, -0.1) is 0 Å². The molecule has 0 atom stereocenters. The topological polar surface area (TPSA) is 74.5 Å². The summed E-state index contributed by atoms with van der Waals surface area (Å²) in [4.78, 5) is 14.0. The molecule has 1 heterocycles. The Morgan fingerprint density at radius 2 is 2.18 bits per heavy atom. The van der Waals surface area contributed by atoms with Crippen molar-refractivity contribution in [1.82, 2.24) is 4.98 Å². The third-order valence-electron chi connectivity index (χ3n) is 2.13. The van der Waals surface area contributed by atoms with Gasteiger partial charge in [-0.1, -0.05) is 0 Å². The zero-order chi connectivity index (χ0) is 12.4. The second-order valence-corrected chi connectivity index (χ2v) is 4.24. The predicted octanol–water partition coefficient (Wildman–Crippen LogP) is 2.32. The van der Waals surface area contributed by atoms with Gasteiger partial charge in [0.25, 0.3) is 0 Å². The smallest absolute Gasteiger partial charge is 0.371 e. The molecule has 1 fully saturated rings. The highest BCUT2D eigenvalue weighted by Crippen LogP contribution is 2.30. The number of pyridine rings is 1. The van der Waals surface area contributed by atoms with Crippen molar-refractivity contribution in [2.75, 3.05) is 0 Å². The van der Waals surface area contributed by atoms with Gasteiger partial charge in [0.1, 0.15) is 5.75 Å². The highest BCUT2D eigenvalue weighted by Gasteiger charge is 2.25. The Hall–Kier alpha value is -1.85. The molecule has 0 bridgehead atoms. The number of ether oxygens (including phenoxy) is 2. The van der Waals surface area contributed by atoms with Gasteiger partial charge in [0.2, 0.25) is 0 Å². The Morgan fingerprint density at radius 1 is 1.47 bits per heavy atom. The number of hydrogen-bond acceptors (Lipinski definition) is 5. The first-order valence-corrected chi connectivity index (χ1v) is 5.54. The van der Waals surface area contributed by atoms with E-state index in [-0.39, 0.29) is 23.9 Å². The molecule has 1 aromatic heterocycles. The molecule has 0 N–H and O–H groups in total. The van der Waals surface area contributed by atoms with E-state index in [1.807, 2.05) is 13.8 Å². The highest BCUT2D eigenvalue weighted by molar-refractivity contribution is 5.37. The van der Waals surface area contributed by atoms with Crippen LogP contribution in [0.2, 0.25) is 0 Å². The van der Waals surface area contributed by atoms with Gasteiger partial charge in [0.05, 0.1) is 24.3 Å². The predicted molar refractivity (Wildman–Crippen MR) is 60.3 cm³/mol. The van der Waals surface area contributed by atoms with Gasteiger partial charge in [-0.25, -0.2) is 0 Å². The van der Waals surface area contributed by atoms with E-state index < -0.39 is 4.92 Å². The van der Waals surface area contributed by atoms with E-state index in [1.54, 1.807) is 6.07 Å². The fourth-order valence-electron chi connectivity index (χ4n) is 1.31. The summed E-state index contributed by atoms with van der Waals surface area (Å²) in [6, 6.07) is 2.91. The maximum absolute atomic E-state index is 10.7. The molecule has 17 heavy (non-hydrogen) atoms. The fraction of sp³-hybridized carbons (Fsp3) is 0.545. The maximum atomic E-state index is 10.7. The van der Waals surface area contributed by atoms with E-state index in [0.29, 0.717) is 5.75 Å². The Morgan fingerprint density at radius 3 is 2.71 bits per heavy atom. The molecule has 0 aromatic carbocycles. The van der Waals surface area contributed by atoms with Crippen LogP contribution in [0.15, 0.2) is 12.1 Å². The van der Waals surface area contributed by atoms with Crippen LogP contribution in [0, 0.1) is 10.1 Å². The Labute approximate surface area is 98.7 Å². The van der Waals surface area contributed by atoms with Crippen LogP contribution in [0.25, 0.3) is 0 Å². The average Bonchev–Trinajstić information content (AvgIpc) is 3.00. The lowest BCUT2D eigenvalue weighted by Gasteiger charge is -2.08. The van der Waals surface area contributed by atoms with E-state index in [1.165, 1.54) is 6.07 Å². The van der Waals surface area contributed by atoms with Crippen molar-refractivity contribution in [3.8, 4) is 11.6 Å². The van der Waals surface area contributed by atoms with Crippen LogP contribution in [-0.2, 0) is 0 Å². The van der Waals surface area contributed by atoms with Crippen molar-refractivity contribution in [2.45, 2.75) is 38.9 Å². The van der Waals surface area contributed by atoms with Crippen molar-refractivity contribution >= 4 is 5.82 Å². The summed E-state index contributed by atoms with van der Waals surface area (Å²) in [7, 11) is 0. The number of nitrogens with zero attached hydrogens (tertiary/aromatic N) is 2. The van der Waals surface area contributed by atoms with Gasteiger partial charge in [0, 0.05) is 4.98 Å². The quantitative estimate of drug-likeness (QED) is 0.581. The highest BCUT2D eigenvalue weighted by atomic mass is 16.6. The first kappa shape index (κ1) is 11.6. The summed E-state index contributed by atoms with van der Waals surface area (Å²) in [6.45, 7) is 3.67. The molecule has 0 aliphatic heterocycles. The Bertz CT molecular complexity index is 407. The summed E-state index contributed by atoms with van der Waals surface area (Å²) in [6.07, 6.45) is 2.09. The summed E-state index contributed by atoms with van der Waals surface area (Å²) >= 11 is 0. The second-order valence-electron chi connectivity index (χ2n) is 4.24. The Balaban J connectivity index is 2.23. The van der Waals surface area contributed by atoms with Crippen molar-refractivity contribution in [3.63, 3.8) is 0 Å². The van der Waals surface area contributed by atoms with Gasteiger partial charge in [-0.2, -0.15) is 0 Å². The zero-order valence-corrected chi connectivity index (χ0v) is 9.75. The van der Waals surface area contributed by atoms with E-state index >= 15 is 0 Å². The van der Waals surface area contributed by atoms with Crippen LogP contribution in [0.4, 0.5) is 5.82 Å². The summed E-state index contributed by atoms with van der Waals surface area (Å²) in [5, 5.41) is 10.7. The molecule has 1 aliphatic carbocycles. The van der Waals surface area contributed by atoms with Crippen LogP contribution in [0.5, 0.6) is 11.6 Å². The van der Waals surface area contributed by atoms with E-state index in [4.69, 9.17) is 9.47 Å². The third kappa shape index (κ3) is 3.30. The summed E-state index contributed by atoms with van der Waals surface area (Å²) < 4.78 is 10.9. The normalized spacial score (nSPS) is 14.8.